The minimum Gasteiger partial charge on any atom is -0.481 e. The van der Waals surface area contributed by atoms with Gasteiger partial charge >= 0.3 is 12.0 Å². The van der Waals surface area contributed by atoms with Gasteiger partial charge in [-0.2, -0.15) is 11.8 Å². The van der Waals surface area contributed by atoms with Crippen molar-refractivity contribution >= 4 is 23.8 Å². The Hall–Kier alpha value is -0.910. The summed E-state index contributed by atoms with van der Waals surface area (Å²) in [5.41, 5.74) is 0. The Balaban J connectivity index is 2.35. The van der Waals surface area contributed by atoms with Crippen LogP contribution in [0.2, 0.25) is 0 Å². The molecular formula is C11H20N2O3S. The van der Waals surface area contributed by atoms with Gasteiger partial charge in [-0.05, 0) is 19.1 Å². The van der Waals surface area contributed by atoms with E-state index in [0.717, 1.165) is 32.4 Å². The molecule has 0 aromatic heterocycles. The fourth-order valence-electron chi connectivity index (χ4n) is 1.87. The van der Waals surface area contributed by atoms with Crippen molar-refractivity contribution in [2.24, 2.45) is 0 Å². The number of carboxylic acid groups (broad SMARTS) is 1. The molecule has 6 heteroatoms. The number of carbonyl (C=O) groups is 2. The first kappa shape index (κ1) is 14.2. The first-order valence-electron chi connectivity index (χ1n) is 5.91. The molecule has 5 nitrogen and oxygen atoms in total. The number of thioether (sulfide) groups is 1. The van der Waals surface area contributed by atoms with Crippen LogP contribution >= 0.6 is 11.8 Å². The van der Waals surface area contributed by atoms with Crippen molar-refractivity contribution in [1.29, 1.82) is 0 Å². The predicted molar refractivity (Wildman–Crippen MR) is 68.4 cm³/mol. The Labute approximate surface area is 106 Å². The third-order valence-corrected chi connectivity index (χ3v) is 3.92. The molecule has 17 heavy (non-hydrogen) atoms. The first-order valence-corrected chi connectivity index (χ1v) is 7.19. The minimum atomic E-state index is -0.886. The Bertz CT molecular complexity index is 273. The van der Waals surface area contributed by atoms with Crippen LogP contribution in [0.1, 0.15) is 25.7 Å². The SMILES string of the molecule is CSC1CCCCN(C(=O)NCCC(=O)O)C1. The van der Waals surface area contributed by atoms with Crippen molar-refractivity contribution in [1.82, 2.24) is 10.2 Å². The topological polar surface area (TPSA) is 69.6 Å². The Morgan fingerprint density at radius 1 is 1.47 bits per heavy atom. The smallest absolute Gasteiger partial charge is 0.317 e. The van der Waals surface area contributed by atoms with Gasteiger partial charge in [0.2, 0.25) is 0 Å². The summed E-state index contributed by atoms with van der Waals surface area (Å²) in [5.74, 6) is -0.886. The second-order valence-electron chi connectivity index (χ2n) is 4.18. The molecule has 0 aliphatic carbocycles. The lowest BCUT2D eigenvalue weighted by Gasteiger charge is -2.23. The molecule has 0 aromatic carbocycles. The third kappa shape index (κ3) is 5.30. The highest BCUT2D eigenvalue weighted by atomic mass is 32.2. The van der Waals surface area contributed by atoms with E-state index in [2.05, 4.69) is 11.6 Å². The number of nitrogens with one attached hydrogen (secondary N) is 1. The van der Waals surface area contributed by atoms with E-state index >= 15 is 0 Å². The average Bonchev–Trinajstić information content (AvgIpc) is 2.53. The highest BCUT2D eigenvalue weighted by Crippen LogP contribution is 2.19. The summed E-state index contributed by atoms with van der Waals surface area (Å²) >= 11 is 1.79. The maximum absolute atomic E-state index is 11.8. The number of likely N-dealkylation sites (tertiary alicyclic amines) is 1. The number of aliphatic carboxylic acids is 1. The summed E-state index contributed by atoms with van der Waals surface area (Å²) in [7, 11) is 0. The summed E-state index contributed by atoms with van der Waals surface area (Å²) in [6.07, 6.45) is 5.38. The van der Waals surface area contributed by atoms with Gasteiger partial charge in [0.05, 0.1) is 6.42 Å². The fourth-order valence-corrected chi connectivity index (χ4v) is 2.60. The monoisotopic (exact) mass is 260 g/mol. The van der Waals surface area contributed by atoms with E-state index in [1.54, 1.807) is 16.7 Å². The van der Waals surface area contributed by atoms with Gasteiger partial charge in [0.1, 0.15) is 0 Å². The number of carbonyl (C=O) groups excluding carboxylic acids is 1. The highest BCUT2D eigenvalue weighted by Gasteiger charge is 2.21. The average molecular weight is 260 g/mol. The van der Waals surface area contributed by atoms with Gasteiger partial charge in [-0.1, -0.05) is 6.42 Å². The van der Waals surface area contributed by atoms with E-state index in [1.165, 1.54) is 0 Å². The van der Waals surface area contributed by atoms with Gasteiger partial charge in [-0.25, -0.2) is 4.79 Å². The van der Waals surface area contributed by atoms with Gasteiger partial charge in [-0.3, -0.25) is 4.79 Å². The van der Waals surface area contributed by atoms with E-state index in [1.807, 2.05) is 0 Å². The predicted octanol–water partition coefficient (Wildman–Crippen LogP) is 1.39. The Morgan fingerprint density at radius 2 is 2.24 bits per heavy atom. The van der Waals surface area contributed by atoms with Crippen LogP contribution in [0.5, 0.6) is 0 Å². The zero-order valence-corrected chi connectivity index (χ0v) is 11.0. The van der Waals surface area contributed by atoms with Gasteiger partial charge in [-0.15, -0.1) is 0 Å². The molecule has 0 aromatic rings. The molecule has 1 rings (SSSR count). The number of rotatable bonds is 4. The molecule has 1 heterocycles. The van der Waals surface area contributed by atoms with Crippen molar-refractivity contribution in [3.05, 3.63) is 0 Å². The molecule has 1 saturated heterocycles. The molecule has 0 saturated carbocycles. The van der Waals surface area contributed by atoms with Gasteiger partial charge in [0, 0.05) is 24.9 Å². The summed E-state index contributed by atoms with van der Waals surface area (Å²) < 4.78 is 0. The molecule has 1 atom stereocenters. The van der Waals surface area contributed by atoms with Crippen molar-refractivity contribution in [2.45, 2.75) is 30.9 Å². The van der Waals surface area contributed by atoms with E-state index < -0.39 is 5.97 Å². The molecule has 2 amide bonds. The first-order chi connectivity index (χ1) is 8.13. The van der Waals surface area contributed by atoms with E-state index in [-0.39, 0.29) is 19.0 Å². The minimum absolute atomic E-state index is 0.0223. The summed E-state index contributed by atoms with van der Waals surface area (Å²) in [6.45, 7) is 1.74. The van der Waals surface area contributed by atoms with Crippen LogP contribution in [0, 0.1) is 0 Å². The molecule has 0 bridgehead atoms. The molecule has 1 unspecified atom stereocenters. The Kier molecular flexibility index (Phi) is 6.18. The number of carboxylic acids is 1. The van der Waals surface area contributed by atoms with Crippen LogP contribution < -0.4 is 5.32 Å². The summed E-state index contributed by atoms with van der Waals surface area (Å²) in [6, 6.07) is -0.132. The van der Waals surface area contributed by atoms with Crippen LogP contribution in [0.3, 0.4) is 0 Å². The van der Waals surface area contributed by atoms with Gasteiger partial charge in [0.25, 0.3) is 0 Å². The second-order valence-corrected chi connectivity index (χ2v) is 5.31. The molecule has 0 spiro atoms. The van der Waals surface area contributed by atoms with Crippen LogP contribution in [0.15, 0.2) is 0 Å². The van der Waals surface area contributed by atoms with E-state index in [0.29, 0.717) is 5.25 Å². The standard InChI is InChI=1S/C11H20N2O3S/c1-17-9-4-2-3-7-13(8-9)11(16)12-6-5-10(14)15/h9H,2-8H2,1H3,(H,12,16)(H,14,15). The lowest BCUT2D eigenvalue weighted by Crippen LogP contribution is -2.43. The highest BCUT2D eigenvalue weighted by molar-refractivity contribution is 7.99. The maximum Gasteiger partial charge on any atom is 0.317 e. The van der Waals surface area contributed by atoms with E-state index in [9.17, 15) is 9.59 Å². The normalized spacial score (nSPS) is 20.8. The number of nitrogens with zero attached hydrogens (tertiary/aromatic N) is 1. The van der Waals surface area contributed by atoms with Crippen molar-refractivity contribution in [3.63, 3.8) is 0 Å². The van der Waals surface area contributed by atoms with Crippen LogP contribution in [0.4, 0.5) is 4.79 Å². The van der Waals surface area contributed by atoms with Crippen LogP contribution in [0.25, 0.3) is 0 Å². The zero-order valence-electron chi connectivity index (χ0n) is 10.1. The fraction of sp³-hybridized carbons (Fsp3) is 0.818. The Morgan fingerprint density at radius 3 is 2.88 bits per heavy atom. The lowest BCUT2D eigenvalue weighted by molar-refractivity contribution is -0.136. The number of urea groups is 1. The third-order valence-electron chi connectivity index (χ3n) is 2.86. The molecule has 0 radical (unpaired) electrons. The second kappa shape index (κ2) is 7.42. The number of amides is 2. The van der Waals surface area contributed by atoms with Crippen molar-refractivity contribution < 1.29 is 14.7 Å². The maximum atomic E-state index is 11.8. The molecule has 1 fully saturated rings. The van der Waals surface area contributed by atoms with Crippen molar-refractivity contribution in [3.8, 4) is 0 Å². The molecule has 1 aliphatic heterocycles. The molecule has 98 valence electrons. The molecular weight excluding hydrogens is 240 g/mol. The molecule has 2 N–H and O–H groups in total. The van der Waals surface area contributed by atoms with Crippen molar-refractivity contribution in [2.75, 3.05) is 25.9 Å². The van der Waals surface area contributed by atoms with Crippen LogP contribution in [-0.2, 0) is 4.79 Å². The lowest BCUT2D eigenvalue weighted by atomic mass is 10.2. The quantitative estimate of drug-likeness (QED) is 0.801. The summed E-state index contributed by atoms with van der Waals surface area (Å²) in [5, 5.41) is 11.6. The number of hydrogen-bond donors (Lipinski definition) is 2. The molecule has 1 aliphatic rings. The zero-order chi connectivity index (χ0) is 12.7. The van der Waals surface area contributed by atoms with Gasteiger partial charge in [0.15, 0.2) is 0 Å². The van der Waals surface area contributed by atoms with Gasteiger partial charge < -0.3 is 15.3 Å². The van der Waals surface area contributed by atoms with E-state index in [4.69, 9.17) is 5.11 Å². The number of hydrogen-bond acceptors (Lipinski definition) is 3. The van der Waals surface area contributed by atoms with Crippen LogP contribution in [-0.4, -0.2) is 53.1 Å². The largest absolute Gasteiger partial charge is 0.481 e. The summed E-state index contributed by atoms with van der Waals surface area (Å²) in [4.78, 5) is 24.0.